The van der Waals surface area contributed by atoms with E-state index >= 15 is 0 Å². The van der Waals surface area contributed by atoms with Gasteiger partial charge < -0.3 is 15.4 Å². The minimum atomic E-state index is -0.954. The summed E-state index contributed by atoms with van der Waals surface area (Å²) < 4.78 is 13.3. The Hall–Kier alpha value is -2.70. The van der Waals surface area contributed by atoms with E-state index in [4.69, 9.17) is 5.11 Å². The van der Waals surface area contributed by atoms with E-state index in [1.54, 1.807) is 13.8 Å². The van der Waals surface area contributed by atoms with Gasteiger partial charge in [-0.05, 0) is 38.5 Å². The number of aromatic amines is 1. The molecule has 3 N–H and O–H groups in total. The number of pyridine rings is 1. The Morgan fingerprint density at radius 3 is 2.65 bits per heavy atom. The van der Waals surface area contributed by atoms with Crippen LogP contribution in [0.3, 0.4) is 0 Å². The number of aromatic nitrogens is 1. The first-order valence-electron chi connectivity index (χ1n) is 7.05. The van der Waals surface area contributed by atoms with Crippen LogP contribution in [0.15, 0.2) is 29.1 Å². The summed E-state index contributed by atoms with van der Waals surface area (Å²) in [6.07, 6.45) is 0.151. The van der Waals surface area contributed by atoms with Crippen molar-refractivity contribution in [1.29, 1.82) is 0 Å². The number of rotatable bonds is 5. The fraction of sp³-hybridized carbons (Fsp3) is 0.312. The first-order chi connectivity index (χ1) is 10.7. The van der Waals surface area contributed by atoms with Gasteiger partial charge in [-0.1, -0.05) is 0 Å². The zero-order valence-electron chi connectivity index (χ0n) is 12.8. The molecule has 7 heteroatoms. The van der Waals surface area contributed by atoms with Crippen molar-refractivity contribution in [1.82, 2.24) is 10.3 Å². The van der Waals surface area contributed by atoms with Crippen molar-refractivity contribution in [3.63, 3.8) is 0 Å². The Morgan fingerprint density at radius 2 is 2.00 bits per heavy atom. The summed E-state index contributed by atoms with van der Waals surface area (Å²) in [7, 11) is 0. The molecule has 0 radical (unpaired) electrons. The molecule has 6 nitrogen and oxygen atoms in total. The van der Waals surface area contributed by atoms with Crippen molar-refractivity contribution >= 4 is 22.8 Å². The van der Waals surface area contributed by atoms with Gasteiger partial charge in [0.25, 0.3) is 5.91 Å². The van der Waals surface area contributed by atoms with E-state index in [2.05, 4.69) is 10.3 Å². The van der Waals surface area contributed by atoms with E-state index in [-0.39, 0.29) is 23.9 Å². The van der Waals surface area contributed by atoms with Crippen molar-refractivity contribution in [2.45, 2.75) is 32.2 Å². The van der Waals surface area contributed by atoms with Crippen LogP contribution >= 0.6 is 0 Å². The molecule has 0 atom stereocenters. The number of halogens is 1. The molecular formula is C16H17FN2O4. The van der Waals surface area contributed by atoms with Gasteiger partial charge in [-0.3, -0.25) is 14.4 Å². The monoisotopic (exact) mass is 320 g/mol. The number of fused-ring (bicyclic) bond motifs is 1. The fourth-order valence-electron chi connectivity index (χ4n) is 2.28. The van der Waals surface area contributed by atoms with E-state index in [9.17, 15) is 18.8 Å². The third-order valence-corrected chi connectivity index (χ3v) is 3.47. The number of aliphatic carboxylic acids is 1. The van der Waals surface area contributed by atoms with Crippen LogP contribution in [0.1, 0.15) is 37.0 Å². The Morgan fingerprint density at radius 1 is 1.30 bits per heavy atom. The minimum Gasteiger partial charge on any atom is -0.481 e. The average molecular weight is 320 g/mol. The molecule has 1 aromatic carbocycles. The normalized spacial score (nSPS) is 11.4. The zero-order chi connectivity index (χ0) is 17.2. The number of nitrogens with one attached hydrogen (secondary N) is 2. The molecule has 0 aliphatic heterocycles. The summed E-state index contributed by atoms with van der Waals surface area (Å²) in [5, 5.41) is 11.9. The highest BCUT2D eigenvalue weighted by Crippen LogP contribution is 2.18. The molecule has 2 aromatic rings. The zero-order valence-corrected chi connectivity index (χ0v) is 12.8. The lowest BCUT2D eigenvalue weighted by Crippen LogP contribution is -2.44. The van der Waals surface area contributed by atoms with Crippen LogP contribution in [0.25, 0.3) is 10.9 Å². The molecule has 0 saturated heterocycles. The molecular weight excluding hydrogens is 303 g/mol. The molecule has 0 bridgehead atoms. The lowest BCUT2D eigenvalue weighted by molar-refractivity contribution is -0.137. The van der Waals surface area contributed by atoms with Gasteiger partial charge in [-0.25, -0.2) is 4.39 Å². The quantitative estimate of drug-likeness (QED) is 0.785. The summed E-state index contributed by atoms with van der Waals surface area (Å²) in [5.74, 6) is -1.99. The number of carbonyl (C=O) groups is 2. The van der Waals surface area contributed by atoms with E-state index in [1.165, 1.54) is 12.1 Å². The molecule has 23 heavy (non-hydrogen) atoms. The molecule has 0 unspecified atom stereocenters. The third kappa shape index (κ3) is 4.15. The Balaban J connectivity index is 2.34. The van der Waals surface area contributed by atoms with Gasteiger partial charge in [0.05, 0.1) is 11.1 Å². The topological polar surface area (TPSA) is 99.3 Å². The highest BCUT2D eigenvalue weighted by atomic mass is 19.1. The summed E-state index contributed by atoms with van der Waals surface area (Å²) in [6, 6.07) is 4.90. The second kappa shape index (κ2) is 6.20. The lowest BCUT2D eigenvalue weighted by atomic mass is 9.97. The van der Waals surface area contributed by atoms with E-state index in [1.807, 2.05) is 0 Å². The summed E-state index contributed by atoms with van der Waals surface area (Å²) in [4.78, 5) is 37.3. The van der Waals surface area contributed by atoms with Gasteiger partial charge in [0, 0.05) is 23.4 Å². The number of carbonyl (C=O) groups excluding carboxylic acids is 1. The minimum absolute atomic E-state index is 0.0887. The van der Waals surface area contributed by atoms with Gasteiger partial charge in [0.2, 0.25) is 5.56 Å². The van der Waals surface area contributed by atoms with Gasteiger partial charge in [-0.2, -0.15) is 0 Å². The molecule has 2 rings (SSSR count). The highest BCUT2D eigenvalue weighted by Gasteiger charge is 2.23. The number of hydrogen-bond donors (Lipinski definition) is 3. The van der Waals surface area contributed by atoms with Gasteiger partial charge in [0.15, 0.2) is 0 Å². The number of carboxylic acids is 1. The van der Waals surface area contributed by atoms with Crippen molar-refractivity contribution in [3.05, 3.63) is 46.0 Å². The maximum atomic E-state index is 13.3. The predicted octanol–water partition coefficient (Wildman–Crippen LogP) is 2.04. The summed E-state index contributed by atoms with van der Waals surface area (Å²) >= 11 is 0. The number of H-pyrrole nitrogens is 1. The molecule has 0 aliphatic carbocycles. The molecule has 0 fully saturated rings. The second-order valence-electron chi connectivity index (χ2n) is 5.97. The first kappa shape index (κ1) is 16.7. The smallest absolute Gasteiger partial charge is 0.303 e. The molecule has 0 saturated carbocycles. The fourth-order valence-corrected chi connectivity index (χ4v) is 2.28. The second-order valence-corrected chi connectivity index (χ2v) is 5.97. The van der Waals surface area contributed by atoms with E-state index < -0.39 is 28.8 Å². The van der Waals surface area contributed by atoms with Gasteiger partial charge in [0.1, 0.15) is 5.82 Å². The Bertz CT molecular complexity index is 826. The van der Waals surface area contributed by atoms with Crippen molar-refractivity contribution in [2.24, 2.45) is 0 Å². The third-order valence-electron chi connectivity index (χ3n) is 3.47. The molecule has 0 spiro atoms. The number of benzene rings is 1. The standard InChI is InChI=1S/C16H17FN2O4/c1-16(2,6-5-14(21)22)19-15(23)11-8-13(20)18-12-7-9(17)3-4-10(11)12/h3-4,7-8H,5-6H2,1-2H3,(H,18,20)(H,19,23)(H,21,22). The van der Waals surface area contributed by atoms with Crippen molar-refractivity contribution in [3.8, 4) is 0 Å². The van der Waals surface area contributed by atoms with Crippen LogP contribution in [0.4, 0.5) is 4.39 Å². The van der Waals surface area contributed by atoms with Crippen LogP contribution in [-0.2, 0) is 4.79 Å². The van der Waals surface area contributed by atoms with Crippen LogP contribution < -0.4 is 10.9 Å². The highest BCUT2D eigenvalue weighted by molar-refractivity contribution is 6.06. The van der Waals surface area contributed by atoms with Crippen LogP contribution in [-0.4, -0.2) is 27.5 Å². The van der Waals surface area contributed by atoms with Gasteiger partial charge >= 0.3 is 5.97 Å². The van der Waals surface area contributed by atoms with Crippen LogP contribution in [0.2, 0.25) is 0 Å². The molecule has 0 aliphatic rings. The Labute approximate surface area is 131 Å². The number of amides is 1. The summed E-state index contributed by atoms with van der Waals surface area (Å²) in [5.41, 5.74) is -0.931. The SMILES string of the molecule is CC(C)(CCC(=O)O)NC(=O)c1cc(=O)[nH]c2cc(F)ccc12. The lowest BCUT2D eigenvalue weighted by Gasteiger charge is -2.26. The van der Waals surface area contributed by atoms with E-state index in [0.717, 1.165) is 12.1 Å². The Kier molecular flexibility index (Phi) is 4.49. The summed E-state index contributed by atoms with van der Waals surface area (Å²) in [6.45, 7) is 3.39. The predicted molar refractivity (Wildman–Crippen MR) is 82.9 cm³/mol. The average Bonchev–Trinajstić information content (AvgIpc) is 2.43. The maximum absolute atomic E-state index is 13.3. The first-order valence-corrected chi connectivity index (χ1v) is 7.05. The maximum Gasteiger partial charge on any atom is 0.303 e. The van der Waals surface area contributed by atoms with Crippen LogP contribution in [0.5, 0.6) is 0 Å². The van der Waals surface area contributed by atoms with Gasteiger partial charge in [-0.15, -0.1) is 0 Å². The van der Waals surface area contributed by atoms with Crippen molar-refractivity contribution < 1.29 is 19.1 Å². The largest absolute Gasteiger partial charge is 0.481 e. The molecule has 122 valence electrons. The number of carboxylic acid groups (broad SMARTS) is 1. The molecule has 1 amide bonds. The molecule has 1 heterocycles. The van der Waals surface area contributed by atoms with Crippen LogP contribution in [0, 0.1) is 5.82 Å². The van der Waals surface area contributed by atoms with E-state index in [0.29, 0.717) is 5.39 Å². The van der Waals surface area contributed by atoms with Crippen molar-refractivity contribution in [2.75, 3.05) is 0 Å². The number of hydrogen-bond acceptors (Lipinski definition) is 3. The molecule has 1 aromatic heterocycles.